The smallest absolute Gasteiger partial charge is 0.332 e. The number of hydrogen-bond acceptors (Lipinski definition) is 3. The predicted molar refractivity (Wildman–Crippen MR) is 84.2 cm³/mol. The van der Waals surface area contributed by atoms with E-state index in [9.17, 15) is 14.7 Å². The van der Waals surface area contributed by atoms with Gasteiger partial charge in [-0.25, -0.2) is 9.59 Å². The lowest BCUT2D eigenvalue weighted by molar-refractivity contribution is -0.144. The van der Waals surface area contributed by atoms with Gasteiger partial charge in [0.1, 0.15) is 0 Å². The summed E-state index contributed by atoms with van der Waals surface area (Å²) in [6.45, 7) is 0.357. The summed E-state index contributed by atoms with van der Waals surface area (Å²) in [4.78, 5) is 23.8. The molecule has 124 valence electrons. The largest absolute Gasteiger partial charge is 0.479 e. The topological polar surface area (TPSA) is 87.7 Å². The number of hydrogen-bond donors (Lipinski definition) is 3. The van der Waals surface area contributed by atoms with Crippen molar-refractivity contribution in [2.45, 2.75) is 43.7 Å². The first-order valence-corrected chi connectivity index (χ1v) is 8.08. The number of amides is 2. The molecule has 2 atom stereocenters. The van der Waals surface area contributed by atoms with Crippen molar-refractivity contribution >= 4 is 12.0 Å². The molecule has 0 spiro atoms. The van der Waals surface area contributed by atoms with Crippen LogP contribution in [0.15, 0.2) is 24.3 Å². The van der Waals surface area contributed by atoms with Gasteiger partial charge in [-0.15, -0.1) is 0 Å². The fourth-order valence-corrected chi connectivity index (χ4v) is 3.37. The number of benzene rings is 1. The lowest BCUT2D eigenvalue weighted by Gasteiger charge is -2.26. The minimum absolute atomic E-state index is 0.0109. The number of fused-ring (bicyclic) bond motifs is 1. The van der Waals surface area contributed by atoms with Crippen molar-refractivity contribution in [1.82, 2.24) is 10.6 Å². The Morgan fingerprint density at radius 3 is 2.83 bits per heavy atom. The standard InChI is InChI=1S/C17H22N2O4/c20-15(21)17(9-10-23-11-17)19-16(22)18-14-8-4-2-6-12-5-1-3-7-13(12)14/h1,3,5,7,14H,2,4,6,8-11H2,(H,20,21)(H2,18,19,22). The van der Waals surface area contributed by atoms with Crippen LogP contribution in [0.3, 0.4) is 0 Å². The Labute approximate surface area is 135 Å². The highest BCUT2D eigenvalue weighted by Gasteiger charge is 2.44. The Kier molecular flexibility index (Phi) is 4.52. The van der Waals surface area contributed by atoms with Gasteiger partial charge in [-0.1, -0.05) is 30.7 Å². The molecule has 3 N–H and O–H groups in total. The molecule has 2 unspecified atom stereocenters. The Bertz CT molecular complexity index is 596. The number of nitrogens with one attached hydrogen (secondary N) is 2. The third-order valence-corrected chi connectivity index (χ3v) is 4.71. The zero-order valence-electron chi connectivity index (χ0n) is 13.0. The van der Waals surface area contributed by atoms with Gasteiger partial charge in [-0.05, 0) is 30.4 Å². The quantitative estimate of drug-likeness (QED) is 0.744. The van der Waals surface area contributed by atoms with E-state index < -0.39 is 17.5 Å². The first-order valence-electron chi connectivity index (χ1n) is 8.08. The van der Waals surface area contributed by atoms with Crippen LogP contribution >= 0.6 is 0 Å². The highest BCUT2D eigenvalue weighted by Crippen LogP contribution is 2.28. The van der Waals surface area contributed by atoms with E-state index in [0.717, 1.165) is 31.2 Å². The van der Waals surface area contributed by atoms with Crippen molar-refractivity contribution in [2.24, 2.45) is 0 Å². The van der Waals surface area contributed by atoms with Crippen LogP contribution in [-0.4, -0.2) is 35.9 Å². The molecular weight excluding hydrogens is 296 g/mol. The molecule has 2 aliphatic rings. The summed E-state index contributed by atoms with van der Waals surface area (Å²) >= 11 is 0. The highest BCUT2D eigenvalue weighted by atomic mass is 16.5. The Morgan fingerprint density at radius 2 is 2.09 bits per heavy atom. The molecule has 0 bridgehead atoms. The summed E-state index contributed by atoms with van der Waals surface area (Å²) in [6, 6.07) is 7.59. The normalized spacial score (nSPS) is 26.9. The maximum absolute atomic E-state index is 12.4. The minimum atomic E-state index is -1.31. The number of aliphatic carboxylic acids is 1. The van der Waals surface area contributed by atoms with E-state index in [2.05, 4.69) is 16.7 Å². The summed E-state index contributed by atoms with van der Waals surface area (Å²) < 4.78 is 5.17. The third kappa shape index (κ3) is 3.32. The maximum atomic E-state index is 12.4. The van der Waals surface area contributed by atoms with E-state index in [-0.39, 0.29) is 19.1 Å². The first kappa shape index (κ1) is 15.8. The maximum Gasteiger partial charge on any atom is 0.332 e. The fraction of sp³-hybridized carbons (Fsp3) is 0.529. The summed E-state index contributed by atoms with van der Waals surface area (Å²) in [5, 5.41) is 15.0. The number of urea groups is 1. The van der Waals surface area contributed by atoms with E-state index in [1.165, 1.54) is 5.56 Å². The molecule has 3 rings (SSSR count). The molecule has 1 heterocycles. The third-order valence-electron chi connectivity index (χ3n) is 4.71. The van der Waals surface area contributed by atoms with Gasteiger partial charge in [-0.2, -0.15) is 0 Å². The molecule has 6 heteroatoms. The van der Waals surface area contributed by atoms with E-state index in [4.69, 9.17) is 4.74 Å². The van der Waals surface area contributed by atoms with Crippen LogP contribution in [0.2, 0.25) is 0 Å². The molecule has 1 saturated heterocycles. The van der Waals surface area contributed by atoms with Gasteiger partial charge >= 0.3 is 12.0 Å². The van der Waals surface area contributed by atoms with Crippen LogP contribution in [0.25, 0.3) is 0 Å². The van der Waals surface area contributed by atoms with Gasteiger partial charge in [0.2, 0.25) is 0 Å². The number of rotatable bonds is 3. The van der Waals surface area contributed by atoms with Crippen molar-refractivity contribution < 1.29 is 19.4 Å². The zero-order chi connectivity index (χ0) is 16.3. The molecule has 6 nitrogen and oxygen atoms in total. The Hall–Kier alpha value is -2.08. The number of carboxylic acid groups (broad SMARTS) is 1. The summed E-state index contributed by atoms with van der Waals surface area (Å²) in [7, 11) is 0. The highest BCUT2D eigenvalue weighted by molar-refractivity contribution is 5.86. The Balaban J connectivity index is 1.71. The molecular formula is C17H22N2O4. The van der Waals surface area contributed by atoms with Crippen LogP contribution in [0.4, 0.5) is 4.79 Å². The van der Waals surface area contributed by atoms with Crippen molar-refractivity contribution in [2.75, 3.05) is 13.2 Å². The molecule has 1 aromatic rings. The molecule has 1 aliphatic carbocycles. The number of aryl methyl sites for hydroxylation is 1. The van der Waals surface area contributed by atoms with Crippen molar-refractivity contribution in [3.63, 3.8) is 0 Å². The van der Waals surface area contributed by atoms with Gasteiger partial charge in [0.25, 0.3) is 0 Å². The van der Waals surface area contributed by atoms with Gasteiger partial charge in [-0.3, -0.25) is 0 Å². The van der Waals surface area contributed by atoms with E-state index >= 15 is 0 Å². The summed E-state index contributed by atoms with van der Waals surface area (Å²) in [6.07, 6.45) is 4.30. The predicted octanol–water partition coefficient (Wildman–Crippen LogP) is 2.00. The van der Waals surface area contributed by atoms with Crippen LogP contribution < -0.4 is 10.6 Å². The van der Waals surface area contributed by atoms with E-state index in [1.54, 1.807) is 0 Å². The molecule has 1 aromatic carbocycles. The molecule has 1 fully saturated rings. The lowest BCUT2D eigenvalue weighted by atomic mass is 9.98. The number of carbonyl (C=O) groups excluding carboxylic acids is 1. The van der Waals surface area contributed by atoms with Crippen LogP contribution in [0.1, 0.15) is 42.9 Å². The minimum Gasteiger partial charge on any atom is -0.479 e. The SMILES string of the molecule is O=C(NC1CCCCc2ccccc21)NC1(C(=O)O)CCOC1. The Morgan fingerprint density at radius 1 is 1.26 bits per heavy atom. The molecule has 0 aromatic heterocycles. The molecule has 23 heavy (non-hydrogen) atoms. The van der Waals surface area contributed by atoms with Gasteiger partial charge in [0, 0.05) is 13.0 Å². The second-order valence-corrected chi connectivity index (χ2v) is 6.29. The van der Waals surface area contributed by atoms with Crippen LogP contribution in [0.5, 0.6) is 0 Å². The molecule has 0 radical (unpaired) electrons. The molecule has 0 saturated carbocycles. The number of ether oxygens (including phenoxy) is 1. The first-order chi connectivity index (χ1) is 11.1. The monoisotopic (exact) mass is 318 g/mol. The zero-order valence-corrected chi connectivity index (χ0v) is 13.0. The van der Waals surface area contributed by atoms with Crippen LogP contribution in [0, 0.1) is 0 Å². The summed E-state index contributed by atoms with van der Waals surface area (Å²) in [5.74, 6) is -1.05. The second-order valence-electron chi connectivity index (χ2n) is 6.29. The van der Waals surface area contributed by atoms with Crippen molar-refractivity contribution in [3.8, 4) is 0 Å². The number of carbonyl (C=O) groups is 2. The van der Waals surface area contributed by atoms with Crippen molar-refractivity contribution in [1.29, 1.82) is 0 Å². The molecule has 1 aliphatic heterocycles. The lowest BCUT2D eigenvalue weighted by Crippen LogP contribution is -2.58. The van der Waals surface area contributed by atoms with Gasteiger partial charge in [0.05, 0.1) is 12.6 Å². The summed E-state index contributed by atoms with van der Waals surface area (Å²) in [5.41, 5.74) is 1.08. The average molecular weight is 318 g/mol. The average Bonchev–Trinajstić information content (AvgIpc) is 2.91. The van der Waals surface area contributed by atoms with E-state index in [0.29, 0.717) is 6.61 Å². The van der Waals surface area contributed by atoms with Gasteiger partial charge < -0.3 is 20.5 Å². The van der Waals surface area contributed by atoms with Crippen LogP contribution in [-0.2, 0) is 16.0 Å². The molecule has 2 amide bonds. The second kappa shape index (κ2) is 6.58. The number of carboxylic acids is 1. The fourth-order valence-electron chi connectivity index (χ4n) is 3.37. The van der Waals surface area contributed by atoms with Gasteiger partial charge in [0.15, 0.2) is 5.54 Å². The van der Waals surface area contributed by atoms with Crippen molar-refractivity contribution in [3.05, 3.63) is 35.4 Å². The van der Waals surface area contributed by atoms with E-state index in [1.807, 2.05) is 18.2 Å².